The summed E-state index contributed by atoms with van der Waals surface area (Å²) < 4.78 is 66.0. The standard InChI is InChI=1S/C8H15NO9S.C6H12O9S/c1-4(12)9-5(2-10)7(13)8(14)6(3-11)18-19(15,16)17;7-1-3(9)5(11)6(4(10)2-8)15-16(12,13)14/h2,5-8,11,13-14H,3H2,1H3,(H,9,12)(H,15,16,17);1,3-6,8-11H,2H2,(H,12,13,14)/t5-,6+,7+,8+;3-,4+,5+,6-/m00/s1. The van der Waals surface area contributed by atoms with Gasteiger partial charge in [-0.15, -0.1) is 0 Å². The van der Waals surface area contributed by atoms with Crippen molar-refractivity contribution in [1.82, 2.24) is 5.32 Å². The Morgan fingerprint density at radius 1 is 0.829 bits per heavy atom. The molecule has 208 valence electrons. The number of hydrogen-bond donors (Lipinski definition) is 10. The number of carbonyl (C=O) groups is 3. The number of rotatable bonds is 15. The van der Waals surface area contributed by atoms with Gasteiger partial charge in [0.1, 0.15) is 55.1 Å². The molecule has 21 heteroatoms. The van der Waals surface area contributed by atoms with Crippen LogP contribution in [0.25, 0.3) is 0 Å². The van der Waals surface area contributed by atoms with E-state index in [2.05, 4.69) is 8.37 Å². The van der Waals surface area contributed by atoms with Gasteiger partial charge >= 0.3 is 20.8 Å². The Morgan fingerprint density at radius 3 is 1.63 bits per heavy atom. The van der Waals surface area contributed by atoms with Crippen molar-refractivity contribution in [2.45, 2.75) is 55.7 Å². The van der Waals surface area contributed by atoms with Gasteiger partial charge in [-0.1, -0.05) is 0 Å². The molecule has 8 atom stereocenters. The second-order valence-electron chi connectivity index (χ2n) is 6.44. The van der Waals surface area contributed by atoms with Gasteiger partial charge in [-0.2, -0.15) is 16.8 Å². The minimum atomic E-state index is -5.02. The van der Waals surface area contributed by atoms with Gasteiger partial charge in [0.25, 0.3) is 0 Å². The molecule has 0 radical (unpaired) electrons. The van der Waals surface area contributed by atoms with Crippen LogP contribution < -0.4 is 5.32 Å². The molecule has 0 aliphatic rings. The van der Waals surface area contributed by atoms with Crippen LogP contribution in [-0.4, -0.2) is 142 Å². The molecule has 0 unspecified atom stereocenters. The lowest BCUT2D eigenvalue weighted by Crippen LogP contribution is -2.53. The third-order valence-corrected chi connectivity index (χ3v) is 4.62. The van der Waals surface area contributed by atoms with E-state index >= 15 is 0 Å². The normalized spacial score (nSPS) is 18.9. The van der Waals surface area contributed by atoms with Crippen LogP contribution in [0.1, 0.15) is 6.92 Å². The summed E-state index contributed by atoms with van der Waals surface area (Å²) in [6.45, 7) is -1.03. The molecule has 0 rings (SSSR count). The molecule has 0 saturated carbocycles. The lowest BCUT2D eigenvalue weighted by molar-refractivity contribution is -0.133. The van der Waals surface area contributed by atoms with E-state index in [9.17, 15) is 46.5 Å². The van der Waals surface area contributed by atoms with Gasteiger partial charge < -0.3 is 50.7 Å². The van der Waals surface area contributed by atoms with Crippen LogP contribution in [-0.2, 0) is 43.5 Å². The minimum Gasteiger partial charge on any atom is -0.394 e. The van der Waals surface area contributed by atoms with Gasteiger partial charge in [-0.3, -0.25) is 13.9 Å². The molecule has 0 aromatic carbocycles. The van der Waals surface area contributed by atoms with Crippen molar-refractivity contribution in [3.8, 4) is 0 Å². The lowest BCUT2D eigenvalue weighted by atomic mass is 10.0. The van der Waals surface area contributed by atoms with E-state index in [-0.39, 0.29) is 12.6 Å². The minimum absolute atomic E-state index is 0.108. The van der Waals surface area contributed by atoms with Gasteiger partial charge in [0.15, 0.2) is 6.29 Å². The molecule has 0 heterocycles. The zero-order valence-electron chi connectivity index (χ0n) is 17.7. The van der Waals surface area contributed by atoms with Crippen molar-refractivity contribution in [2.75, 3.05) is 13.2 Å². The molecule has 0 saturated heterocycles. The van der Waals surface area contributed by atoms with Crippen LogP contribution in [0.3, 0.4) is 0 Å². The Labute approximate surface area is 198 Å². The third kappa shape index (κ3) is 15.1. The van der Waals surface area contributed by atoms with Crippen molar-refractivity contribution >= 4 is 39.3 Å². The van der Waals surface area contributed by atoms with Gasteiger partial charge in [0.05, 0.1) is 13.2 Å². The number of carbonyl (C=O) groups excluding carboxylic acids is 3. The van der Waals surface area contributed by atoms with E-state index in [0.29, 0.717) is 0 Å². The predicted molar refractivity (Wildman–Crippen MR) is 107 cm³/mol. The van der Waals surface area contributed by atoms with Crippen LogP contribution in [0.15, 0.2) is 0 Å². The van der Waals surface area contributed by atoms with E-state index in [1.165, 1.54) is 0 Å². The predicted octanol–water partition coefficient (Wildman–Crippen LogP) is -6.96. The van der Waals surface area contributed by atoms with E-state index in [4.69, 9.17) is 29.5 Å². The maximum atomic E-state index is 10.7. The topological polar surface area (TPSA) is 332 Å². The first kappa shape index (κ1) is 35.4. The van der Waals surface area contributed by atoms with Crippen molar-refractivity contribution in [3.05, 3.63) is 0 Å². The monoisotopic (exact) mass is 561 g/mol. The molecule has 10 N–H and O–H groups in total. The molecule has 0 fully saturated rings. The summed E-state index contributed by atoms with van der Waals surface area (Å²) in [6, 6.07) is -1.54. The summed E-state index contributed by atoms with van der Waals surface area (Å²) >= 11 is 0. The Kier molecular flexibility index (Phi) is 16.3. The fourth-order valence-corrected chi connectivity index (χ4v) is 3.10. The summed E-state index contributed by atoms with van der Waals surface area (Å²) in [6.07, 6.45) is -14.1. The maximum Gasteiger partial charge on any atom is 0.397 e. The lowest BCUT2D eigenvalue weighted by Gasteiger charge is -2.27. The summed E-state index contributed by atoms with van der Waals surface area (Å²) in [5.74, 6) is -0.681. The first-order chi connectivity index (χ1) is 15.8. The molecule has 19 nitrogen and oxygen atoms in total. The van der Waals surface area contributed by atoms with E-state index in [1.54, 1.807) is 0 Å². The Bertz CT molecular complexity index is 862. The first-order valence-corrected chi connectivity index (χ1v) is 11.7. The molecule has 0 spiro atoms. The summed E-state index contributed by atoms with van der Waals surface area (Å²) in [5.41, 5.74) is 0. The summed E-state index contributed by atoms with van der Waals surface area (Å²) in [4.78, 5) is 31.5. The van der Waals surface area contributed by atoms with E-state index < -0.39 is 88.7 Å². The number of nitrogens with one attached hydrogen (secondary N) is 1. The average Bonchev–Trinajstić information content (AvgIpc) is 2.75. The van der Waals surface area contributed by atoms with Crippen molar-refractivity contribution in [3.63, 3.8) is 0 Å². The van der Waals surface area contributed by atoms with Crippen LogP contribution in [0.5, 0.6) is 0 Å². The van der Waals surface area contributed by atoms with Gasteiger partial charge in [0, 0.05) is 6.92 Å². The largest absolute Gasteiger partial charge is 0.397 e. The molecular formula is C14H27NO18S2. The summed E-state index contributed by atoms with van der Waals surface area (Å²) in [7, 11) is -10.00. The number of aliphatic hydroxyl groups excluding tert-OH is 7. The van der Waals surface area contributed by atoms with Crippen molar-refractivity contribution < 1.29 is 84.4 Å². The van der Waals surface area contributed by atoms with Crippen LogP contribution >= 0.6 is 0 Å². The molecule has 35 heavy (non-hydrogen) atoms. The zero-order valence-corrected chi connectivity index (χ0v) is 19.3. The van der Waals surface area contributed by atoms with Crippen molar-refractivity contribution in [2.24, 2.45) is 0 Å². The Hall–Kier alpha value is -1.73. The number of amides is 1. The highest BCUT2D eigenvalue weighted by molar-refractivity contribution is 7.81. The quantitative estimate of drug-likeness (QED) is 0.0655. The molecule has 1 amide bonds. The van der Waals surface area contributed by atoms with Crippen LogP contribution in [0.2, 0.25) is 0 Å². The molecule has 0 aromatic heterocycles. The third-order valence-electron chi connectivity index (χ3n) is 3.67. The van der Waals surface area contributed by atoms with Crippen LogP contribution in [0.4, 0.5) is 0 Å². The van der Waals surface area contributed by atoms with Crippen molar-refractivity contribution in [1.29, 1.82) is 0 Å². The second-order valence-corrected chi connectivity index (χ2v) is 8.54. The number of aliphatic hydroxyl groups is 7. The average molecular weight is 561 g/mol. The van der Waals surface area contributed by atoms with Crippen LogP contribution in [0, 0.1) is 0 Å². The molecule has 0 aliphatic carbocycles. The van der Waals surface area contributed by atoms with Gasteiger partial charge in [0.2, 0.25) is 5.91 Å². The number of aldehydes is 2. The first-order valence-electron chi connectivity index (χ1n) is 8.96. The Balaban J connectivity index is 0. The zero-order chi connectivity index (χ0) is 28.1. The van der Waals surface area contributed by atoms with Gasteiger partial charge in [-0.05, 0) is 0 Å². The molecular weight excluding hydrogens is 534 g/mol. The number of hydrogen-bond acceptors (Lipinski definition) is 16. The molecule has 0 bridgehead atoms. The molecule has 0 aromatic rings. The molecule has 0 aliphatic heterocycles. The fraction of sp³-hybridized carbons (Fsp3) is 0.786. The second kappa shape index (κ2) is 16.1. The van der Waals surface area contributed by atoms with Gasteiger partial charge in [-0.25, -0.2) is 8.37 Å². The fourth-order valence-electron chi connectivity index (χ4n) is 2.09. The smallest absolute Gasteiger partial charge is 0.394 e. The summed E-state index contributed by atoms with van der Waals surface area (Å²) in [5, 5.41) is 65.5. The highest BCUT2D eigenvalue weighted by atomic mass is 32.3. The SMILES string of the molecule is CC(=O)N[C@@H](C=O)[C@@H](O)[C@H](O)[C@@H](CO)OS(=O)(=O)O.O=C[C@H](O)[C@@H](O)[C@@H](OS(=O)(=O)O)[C@H](O)CO. The van der Waals surface area contributed by atoms with E-state index in [0.717, 1.165) is 6.92 Å². The highest BCUT2D eigenvalue weighted by Gasteiger charge is 2.36. The maximum absolute atomic E-state index is 10.7. The highest BCUT2D eigenvalue weighted by Crippen LogP contribution is 2.12. The van der Waals surface area contributed by atoms with E-state index in [1.807, 2.05) is 5.32 Å². The Morgan fingerprint density at radius 2 is 1.31 bits per heavy atom.